The van der Waals surface area contributed by atoms with Crippen molar-refractivity contribution in [3.05, 3.63) is 41.1 Å². The lowest BCUT2D eigenvalue weighted by molar-refractivity contribution is -0.131. The van der Waals surface area contributed by atoms with Crippen molar-refractivity contribution in [3.63, 3.8) is 0 Å². The van der Waals surface area contributed by atoms with Crippen LogP contribution in [-0.4, -0.2) is 15.6 Å². The highest BCUT2D eigenvalue weighted by atomic mass is 16.4. The lowest BCUT2D eigenvalue weighted by atomic mass is 10.0. The van der Waals surface area contributed by atoms with Gasteiger partial charge in [-0.05, 0) is 31.4 Å². The summed E-state index contributed by atoms with van der Waals surface area (Å²) in [4.78, 5) is 10.7. The maximum Gasteiger partial charge on any atom is 0.328 e. The van der Waals surface area contributed by atoms with E-state index in [4.69, 9.17) is 5.11 Å². The molecule has 3 heteroatoms. The number of carbonyl (C=O) groups is 1. The quantitative estimate of drug-likeness (QED) is 0.821. The zero-order valence-corrected chi connectivity index (χ0v) is 10.3. The molecule has 18 heavy (non-hydrogen) atoms. The number of aryl methyl sites for hydroxylation is 2. The van der Waals surface area contributed by atoms with Gasteiger partial charge in [-0.25, -0.2) is 4.79 Å². The predicted octanol–water partition coefficient (Wildman–Crippen LogP) is 2.99. The largest absolute Gasteiger partial charge is 0.478 e. The highest BCUT2D eigenvalue weighted by Crippen LogP contribution is 2.33. The van der Waals surface area contributed by atoms with E-state index >= 15 is 0 Å². The van der Waals surface area contributed by atoms with E-state index in [1.165, 1.54) is 22.5 Å². The van der Waals surface area contributed by atoms with Crippen LogP contribution in [0, 0.1) is 6.92 Å². The molecule has 0 saturated carbocycles. The van der Waals surface area contributed by atoms with Crippen LogP contribution in [-0.2, 0) is 17.8 Å². The third-order valence-electron chi connectivity index (χ3n) is 3.69. The van der Waals surface area contributed by atoms with Gasteiger partial charge in [0.2, 0.25) is 0 Å². The van der Waals surface area contributed by atoms with E-state index in [9.17, 15) is 4.79 Å². The standard InChI is InChI=1S/C15H15NO2/c1-10-12(7-8-14(17)18)13-6-2-4-11-5-3-9-16(10)15(11)13/h2,4,6-8H,3,5,9H2,1H3,(H,17,18)/b8-7+. The molecular weight excluding hydrogens is 226 g/mol. The van der Waals surface area contributed by atoms with Crippen LogP contribution in [0.4, 0.5) is 0 Å². The number of hydrogen-bond acceptors (Lipinski definition) is 1. The number of rotatable bonds is 2. The van der Waals surface area contributed by atoms with Gasteiger partial charge in [-0.3, -0.25) is 0 Å². The van der Waals surface area contributed by atoms with Gasteiger partial charge in [-0.2, -0.15) is 0 Å². The first kappa shape index (κ1) is 11.1. The Morgan fingerprint density at radius 1 is 1.44 bits per heavy atom. The number of carboxylic acid groups (broad SMARTS) is 1. The van der Waals surface area contributed by atoms with Gasteiger partial charge in [0.25, 0.3) is 0 Å². The lowest BCUT2D eigenvalue weighted by Gasteiger charge is -2.16. The molecule has 0 fully saturated rings. The normalized spacial score (nSPS) is 14.5. The molecule has 0 atom stereocenters. The van der Waals surface area contributed by atoms with Crippen LogP contribution < -0.4 is 0 Å². The van der Waals surface area contributed by atoms with Crippen LogP contribution in [0.15, 0.2) is 24.3 Å². The predicted molar refractivity (Wildman–Crippen MR) is 71.7 cm³/mol. The van der Waals surface area contributed by atoms with Crippen LogP contribution in [0.2, 0.25) is 0 Å². The summed E-state index contributed by atoms with van der Waals surface area (Å²) in [6.45, 7) is 3.09. The molecule has 2 heterocycles. The Kier molecular flexibility index (Phi) is 2.47. The topological polar surface area (TPSA) is 42.2 Å². The summed E-state index contributed by atoms with van der Waals surface area (Å²) >= 11 is 0. The number of carboxylic acids is 1. The molecule has 3 nitrogen and oxygen atoms in total. The van der Waals surface area contributed by atoms with Crippen molar-refractivity contribution >= 4 is 22.9 Å². The number of aliphatic carboxylic acids is 1. The van der Waals surface area contributed by atoms with Crippen molar-refractivity contribution in [2.45, 2.75) is 26.3 Å². The molecule has 92 valence electrons. The first-order valence-electron chi connectivity index (χ1n) is 6.20. The fourth-order valence-corrected chi connectivity index (χ4v) is 2.91. The lowest BCUT2D eigenvalue weighted by Crippen LogP contribution is -2.08. The average molecular weight is 241 g/mol. The molecule has 1 aliphatic rings. The summed E-state index contributed by atoms with van der Waals surface area (Å²) in [5.74, 6) is -0.902. The summed E-state index contributed by atoms with van der Waals surface area (Å²) < 4.78 is 2.32. The summed E-state index contributed by atoms with van der Waals surface area (Å²) in [5, 5.41) is 9.94. The van der Waals surface area contributed by atoms with Crippen LogP contribution in [0.5, 0.6) is 0 Å². The van der Waals surface area contributed by atoms with E-state index in [2.05, 4.69) is 29.7 Å². The van der Waals surface area contributed by atoms with Crippen molar-refractivity contribution in [3.8, 4) is 0 Å². The summed E-state index contributed by atoms with van der Waals surface area (Å²) in [5.41, 5.74) is 4.86. The number of nitrogens with zero attached hydrogens (tertiary/aromatic N) is 1. The van der Waals surface area contributed by atoms with Gasteiger partial charge in [0.1, 0.15) is 0 Å². The minimum absolute atomic E-state index is 0.902. The number of benzene rings is 1. The Balaban J connectivity index is 2.30. The van der Waals surface area contributed by atoms with Gasteiger partial charge in [0.05, 0.1) is 5.52 Å². The SMILES string of the molecule is Cc1c(/C=C/C(=O)O)c2cccc3c2n1CCC3. The number of para-hydroxylation sites is 1. The van der Waals surface area contributed by atoms with Crippen molar-refractivity contribution in [2.75, 3.05) is 0 Å². The Morgan fingerprint density at radius 3 is 3.06 bits per heavy atom. The van der Waals surface area contributed by atoms with Crippen LogP contribution >= 0.6 is 0 Å². The zero-order chi connectivity index (χ0) is 12.7. The Hall–Kier alpha value is -2.03. The smallest absolute Gasteiger partial charge is 0.328 e. The van der Waals surface area contributed by atoms with Crippen LogP contribution in [0.25, 0.3) is 17.0 Å². The minimum atomic E-state index is -0.902. The molecule has 1 aliphatic heterocycles. The van der Waals surface area contributed by atoms with E-state index < -0.39 is 5.97 Å². The third kappa shape index (κ3) is 1.55. The van der Waals surface area contributed by atoms with E-state index in [-0.39, 0.29) is 0 Å². The maximum absolute atomic E-state index is 10.7. The van der Waals surface area contributed by atoms with Crippen LogP contribution in [0.3, 0.4) is 0 Å². The fourth-order valence-electron chi connectivity index (χ4n) is 2.91. The average Bonchev–Trinajstić information content (AvgIpc) is 2.63. The monoisotopic (exact) mass is 241 g/mol. The second kappa shape index (κ2) is 4.02. The van der Waals surface area contributed by atoms with E-state index in [1.807, 2.05) is 0 Å². The van der Waals surface area contributed by atoms with Crippen molar-refractivity contribution in [1.29, 1.82) is 0 Å². The molecule has 3 rings (SSSR count). The van der Waals surface area contributed by atoms with Crippen molar-refractivity contribution in [2.24, 2.45) is 0 Å². The molecule has 0 radical (unpaired) electrons. The summed E-state index contributed by atoms with van der Waals surface area (Å²) in [7, 11) is 0. The second-order valence-electron chi connectivity index (χ2n) is 4.74. The van der Waals surface area contributed by atoms with E-state index in [1.54, 1.807) is 6.08 Å². The van der Waals surface area contributed by atoms with Crippen molar-refractivity contribution in [1.82, 2.24) is 4.57 Å². The molecule has 1 N–H and O–H groups in total. The third-order valence-corrected chi connectivity index (χ3v) is 3.69. The number of aromatic nitrogens is 1. The van der Waals surface area contributed by atoms with Gasteiger partial charge in [-0.15, -0.1) is 0 Å². The molecule has 0 spiro atoms. The van der Waals surface area contributed by atoms with E-state index in [0.29, 0.717) is 0 Å². The zero-order valence-electron chi connectivity index (χ0n) is 10.3. The molecule has 0 aliphatic carbocycles. The Labute approximate surface area is 105 Å². The molecule has 0 saturated heterocycles. The molecule has 2 aromatic rings. The summed E-state index contributed by atoms with van der Waals surface area (Å²) in [6.07, 6.45) is 5.20. The van der Waals surface area contributed by atoms with Gasteiger partial charge in [-0.1, -0.05) is 18.2 Å². The first-order chi connectivity index (χ1) is 8.68. The Morgan fingerprint density at radius 2 is 2.28 bits per heavy atom. The fraction of sp³-hybridized carbons (Fsp3) is 0.267. The molecule has 0 unspecified atom stereocenters. The first-order valence-corrected chi connectivity index (χ1v) is 6.20. The number of hydrogen-bond donors (Lipinski definition) is 1. The molecule has 1 aromatic heterocycles. The molecular formula is C15H15NO2. The summed E-state index contributed by atoms with van der Waals surface area (Å²) in [6, 6.07) is 6.31. The van der Waals surface area contributed by atoms with E-state index in [0.717, 1.165) is 30.6 Å². The molecule has 0 amide bonds. The maximum atomic E-state index is 10.7. The van der Waals surface area contributed by atoms with Crippen molar-refractivity contribution < 1.29 is 9.90 Å². The highest BCUT2D eigenvalue weighted by molar-refractivity contribution is 5.96. The minimum Gasteiger partial charge on any atom is -0.478 e. The second-order valence-corrected chi connectivity index (χ2v) is 4.74. The molecule has 1 aromatic carbocycles. The van der Waals surface area contributed by atoms with Gasteiger partial charge >= 0.3 is 5.97 Å². The Bertz CT molecular complexity index is 665. The van der Waals surface area contributed by atoms with Gasteiger partial charge < -0.3 is 9.67 Å². The van der Waals surface area contributed by atoms with Crippen LogP contribution in [0.1, 0.15) is 23.2 Å². The van der Waals surface area contributed by atoms with Gasteiger partial charge in [0.15, 0.2) is 0 Å². The highest BCUT2D eigenvalue weighted by Gasteiger charge is 2.18. The van der Waals surface area contributed by atoms with Gasteiger partial charge in [0, 0.05) is 29.3 Å². The molecule has 0 bridgehead atoms.